The Bertz CT molecular complexity index is 1280. The molecule has 186 valence electrons. The van der Waals surface area contributed by atoms with Crippen LogP contribution in [0.5, 0.6) is 5.75 Å². The van der Waals surface area contributed by atoms with Gasteiger partial charge in [0.1, 0.15) is 11.4 Å². The first kappa shape index (κ1) is 24.7. The van der Waals surface area contributed by atoms with Crippen LogP contribution in [-0.2, 0) is 11.3 Å². The lowest BCUT2D eigenvalue weighted by molar-refractivity contribution is 0.0240. The van der Waals surface area contributed by atoms with E-state index < -0.39 is 5.60 Å². The van der Waals surface area contributed by atoms with Gasteiger partial charge in [0, 0.05) is 49.5 Å². The van der Waals surface area contributed by atoms with Gasteiger partial charge in [0.25, 0.3) is 5.56 Å². The van der Waals surface area contributed by atoms with Crippen LogP contribution < -0.4 is 20.5 Å². The normalized spacial score (nSPS) is 14.2. The number of piperazine rings is 1. The molecule has 0 atom stereocenters. The molecule has 1 amide bonds. The van der Waals surface area contributed by atoms with Gasteiger partial charge in [0.05, 0.1) is 12.5 Å². The average molecular weight is 500 g/mol. The lowest BCUT2D eigenvalue weighted by Gasteiger charge is -2.37. The number of fused-ring (bicyclic) bond motifs is 1. The third-order valence-corrected chi connectivity index (χ3v) is 6.07. The van der Waals surface area contributed by atoms with E-state index in [0.29, 0.717) is 43.5 Å². The highest BCUT2D eigenvalue weighted by Crippen LogP contribution is 2.29. The van der Waals surface area contributed by atoms with Crippen molar-refractivity contribution >= 4 is 39.8 Å². The maximum absolute atomic E-state index is 12.4. The zero-order valence-electron chi connectivity index (χ0n) is 20.4. The molecule has 2 N–H and O–H groups in total. The zero-order chi connectivity index (χ0) is 25.2. The molecule has 0 radical (unpaired) electrons. The van der Waals surface area contributed by atoms with E-state index in [2.05, 4.69) is 20.4 Å². The van der Waals surface area contributed by atoms with E-state index in [0.717, 1.165) is 22.7 Å². The van der Waals surface area contributed by atoms with Crippen LogP contribution in [0.3, 0.4) is 0 Å². The van der Waals surface area contributed by atoms with Gasteiger partial charge < -0.3 is 24.6 Å². The van der Waals surface area contributed by atoms with E-state index in [-0.39, 0.29) is 16.8 Å². The summed E-state index contributed by atoms with van der Waals surface area (Å²) in [4.78, 5) is 28.4. The van der Waals surface area contributed by atoms with E-state index in [1.54, 1.807) is 18.1 Å². The summed E-state index contributed by atoms with van der Waals surface area (Å²) < 4.78 is 11.0. The number of carbonyl (C=O) groups is 1. The van der Waals surface area contributed by atoms with Crippen molar-refractivity contribution in [2.75, 3.05) is 43.5 Å². The molecular weight excluding hydrogens is 470 g/mol. The minimum atomic E-state index is -0.514. The van der Waals surface area contributed by atoms with Crippen LogP contribution in [-0.4, -0.2) is 60.1 Å². The maximum Gasteiger partial charge on any atom is 0.410 e. The second-order valence-electron chi connectivity index (χ2n) is 9.41. The number of halogens is 1. The SMILES string of the molecule is COc1ccc(N2CCN(C(=O)OC(C)(C)C)CC2)c(CNc2ccc3c(=O)[nH]nc(Cl)c3c2)c1. The highest BCUT2D eigenvalue weighted by atomic mass is 35.5. The highest BCUT2D eigenvalue weighted by molar-refractivity contribution is 6.34. The molecule has 1 aliphatic rings. The number of carbonyl (C=O) groups excluding carboxylic acids is 1. The van der Waals surface area contributed by atoms with Gasteiger partial charge in [-0.05, 0) is 62.7 Å². The monoisotopic (exact) mass is 499 g/mol. The molecule has 0 saturated carbocycles. The number of aromatic amines is 1. The van der Waals surface area contributed by atoms with Crippen LogP contribution in [0.1, 0.15) is 26.3 Å². The molecule has 1 saturated heterocycles. The zero-order valence-corrected chi connectivity index (χ0v) is 21.1. The molecule has 0 unspecified atom stereocenters. The number of hydrogen-bond donors (Lipinski definition) is 2. The Labute approximate surface area is 209 Å². The van der Waals surface area contributed by atoms with Crippen molar-refractivity contribution in [1.29, 1.82) is 0 Å². The molecule has 0 aliphatic carbocycles. The Morgan fingerprint density at radius 1 is 1.11 bits per heavy atom. The molecule has 0 bridgehead atoms. The first-order valence-corrected chi connectivity index (χ1v) is 11.8. The number of anilines is 2. The smallest absolute Gasteiger partial charge is 0.410 e. The quantitative estimate of drug-likeness (QED) is 0.541. The predicted molar refractivity (Wildman–Crippen MR) is 138 cm³/mol. The first-order valence-electron chi connectivity index (χ1n) is 11.5. The van der Waals surface area contributed by atoms with E-state index in [1.807, 2.05) is 51.1 Å². The number of H-pyrrole nitrogens is 1. The molecule has 1 aromatic heterocycles. The van der Waals surface area contributed by atoms with Crippen molar-refractivity contribution in [3.8, 4) is 5.75 Å². The summed E-state index contributed by atoms with van der Waals surface area (Å²) in [6, 6.07) is 11.4. The highest BCUT2D eigenvalue weighted by Gasteiger charge is 2.26. The fourth-order valence-electron chi connectivity index (χ4n) is 4.04. The number of nitrogens with zero attached hydrogens (tertiary/aromatic N) is 3. The Morgan fingerprint density at radius 3 is 2.54 bits per heavy atom. The Kier molecular flexibility index (Phi) is 7.07. The van der Waals surface area contributed by atoms with Gasteiger partial charge in [-0.1, -0.05) is 11.6 Å². The minimum Gasteiger partial charge on any atom is -0.497 e. The van der Waals surface area contributed by atoms with Crippen LogP contribution in [0.15, 0.2) is 41.2 Å². The number of benzene rings is 2. The van der Waals surface area contributed by atoms with Crippen LogP contribution >= 0.6 is 11.6 Å². The van der Waals surface area contributed by atoms with Gasteiger partial charge in [-0.2, -0.15) is 5.10 Å². The molecule has 1 fully saturated rings. The van der Waals surface area contributed by atoms with Crippen molar-refractivity contribution in [2.24, 2.45) is 0 Å². The second-order valence-corrected chi connectivity index (χ2v) is 9.76. The van der Waals surface area contributed by atoms with Crippen molar-refractivity contribution in [1.82, 2.24) is 15.1 Å². The molecule has 9 nitrogen and oxygen atoms in total. The molecule has 1 aliphatic heterocycles. The van der Waals surface area contributed by atoms with E-state index in [4.69, 9.17) is 21.1 Å². The summed E-state index contributed by atoms with van der Waals surface area (Å²) >= 11 is 6.18. The van der Waals surface area contributed by atoms with Crippen molar-refractivity contribution < 1.29 is 14.3 Å². The molecule has 2 aromatic carbocycles. The van der Waals surface area contributed by atoms with Gasteiger partial charge in [-0.25, -0.2) is 9.89 Å². The third kappa shape index (κ3) is 5.79. The fraction of sp³-hybridized carbons (Fsp3) is 0.400. The number of rotatable bonds is 5. The van der Waals surface area contributed by atoms with Gasteiger partial charge in [-0.3, -0.25) is 4.79 Å². The summed E-state index contributed by atoms with van der Waals surface area (Å²) in [5.41, 5.74) is 2.14. The maximum atomic E-state index is 12.4. The van der Waals surface area contributed by atoms with E-state index in [9.17, 15) is 9.59 Å². The Hall–Kier alpha value is -3.46. The fourth-order valence-corrected chi connectivity index (χ4v) is 4.23. The number of ether oxygens (including phenoxy) is 2. The summed E-state index contributed by atoms with van der Waals surface area (Å²) in [6.07, 6.45) is -0.280. The standard InChI is InChI=1S/C25H30ClN5O4/c1-25(2,3)35-24(33)31-11-9-30(10-12-31)21-8-6-18(34-4)13-16(21)15-27-17-5-7-19-20(14-17)22(26)28-29-23(19)32/h5-8,13-14,27H,9-12,15H2,1-4H3,(H,29,32). The van der Waals surface area contributed by atoms with Crippen LogP contribution in [0.25, 0.3) is 10.8 Å². The summed E-state index contributed by atoms with van der Waals surface area (Å²) in [6.45, 7) is 8.69. The number of hydrogen-bond acceptors (Lipinski definition) is 7. The summed E-state index contributed by atoms with van der Waals surface area (Å²) in [5, 5.41) is 11.0. The Morgan fingerprint density at radius 2 is 1.86 bits per heavy atom. The van der Waals surface area contributed by atoms with Crippen LogP contribution in [0.4, 0.5) is 16.2 Å². The summed E-state index contributed by atoms with van der Waals surface area (Å²) in [5.74, 6) is 0.759. The van der Waals surface area contributed by atoms with Gasteiger partial charge in [-0.15, -0.1) is 0 Å². The van der Waals surface area contributed by atoms with Crippen LogP contribution in [0, 0.1) is 0 Å². The molecule has 0 spiro atoms. The largest absolute Gasteiger partial charge is 0.497 e. The molecular formula is C25H30ClN5O4. The topological polar surface area (TPSA) is 99.8 Å². The molecule has 10 heteroatoms. The van der Waals surface area contributed by atoms with E-state index in [1.165, 1.54) is 0 Å². The second kappa shape index (κ2) is 10.0. The number of amides is 1. The average Bonchev–Trinajstić information content (AvgIpc) is 2.84. The Balaban J connectivity index is 1.50. The third-order valence-electron chi connectivity index (χ3n) is 5.78. The molecule has 2 heterocycles. The molecule has 35 heavy (non-hydrogen) atoms. The molecule has 3 aromatic rings. The predicted octanol–water partition coefficient (Wildman–Crippen LogP) is 4.25. The van der Waals surface area contributed by atoms with Crippen molar-refractivity contribution in [2.45, 2.75) is 32.9 Å². The number of nitrogens with one attached hydrogen (secondary N) is 2. The van der Waals surface area contributed by atoms with Crippen LogP contribution in [0.2, 0.25) is 5.15 Å². The lowest BCUT2D eigenvalue weighted by atomic mass is 10.1. The van der Waals surface area contributed by atoms with Gasteiger partial charge in [0.15, 0.2) is 5.15 Å². The van der Waals surface area contributed by atoms with E-state index >= 15 is 0 Å². The lowest BCUT2D eigenvalue weighted by Crippen LogP contribution is -2.50. The van der Waals surface area contributed by atoms with Gasteiger partial charge in [0.2, 0.25) is 0 Å². The first-order chi connectivity index (χ1) is 16.6. The minimum absolute atomic E-state index is 0.244. The van der Waals surface area contributed by atoms with Crippen molar-refractivity contribution in [3.63, 3.8) is 0 Å². The number of aromatic nitrogens is 2. The summed E-state index contributed by atoms with van der Waals surface area (Å²) in [7, 11) is 1.64. The van der Waals surface area contributed by atoms with Crippen molar-refractivity contribution in [3.05, 3.63) is 57.5 Å². The molecule has 4 rings (SSSR count). The number of methoxy groups -OCH3 is 1. The van der Waals surface area contributed by atoms with Gasteiger partial charge >= 0.3 is 6.09 Å².